The molecule has 0 N–H and O–H groups in total. The number of benzene rings is 1. The van der Waals surface area contributed by atoms with Crippen LogP contribution in [0, 0.1) is 5.92 Å². The van der Waals surface area contributed by atoms with Gasteiger partial charge in [0.25, 0.3) is 0 Å². The zero-order valence-corrected chi connectivity index (χ0v) is 24.0. The second-order valence-electron chi connectivity index (χ2n) is 12.4. The predicted molar refractivity (Wildman–Crippen MR) is 143 cm³/mol. The smallest absolute Gasteiger partial charge is 0.309 e. The third-order valence-corrected chi connectivity index (χ3v) is 13.0. The topological polar surface area (TPSA) is 48.0 Å². The first-order chi connectivity index (χ1) is 16.4. The molecule has 0 spiro atoms. The molecule has 3 aliphatic rings. The highest BCUT2D eigenvalue weighted by atomic mass is 28.4. The van der Waals surface area contributed by atoms with Crippen molar-refractivity contribution < 1.29 is 18.7 Å². The molecule has 194 valence electrons. The van der Waals surface area contributed by atoms with Crippen LogP contribution in [0.2, 0.25) is 18.1 Å². The predicted octanol–water partition coefficient (Wildman–Crippen LogP) is 6.70. The Morgan fingerprint density at radius 2 is 2.00 bits per heavy atom. The summed E-state index contributed by atoms with van der Waals surface area (Å²) in [5.41, 5.74) is 4.33. The lowest BCUT2D eigenvalue weighted by Gasteiger charge is -2.42. The first-order valence-corrected chi connectivity index (χ1v) is 16.4. The van der Waals surface area contributed by atoms with Gasteiger partial charge in [-0.15, -0.1) is 0 Å². The van der Waals surface area contributed by atoms with E-state index < -0.39 is 8.32 Å². The number of hydrogen-bond donors (Lipinski definition) is 0. The Hall–Kier alpha value is -1.63. The number of carbonyl (C=O) groups is 1. The van der Waals surface area contributed by atoms with Crippen LogP contribution < -0.4 is 0 Å². The molecule has 0 bridgehead atoms. The van der Waals surface area contributed by atoms with E-state index >= 15 is 0 Å². The Morgan fingerprint density at radius 1 is 1.26 bits per heavy atom. The van der Waals surface area contributed by atoms with Gasteiger partial charge >= 0.3 is 5.97 Å². The van der Waals surface area contributed by atoms with Gasteiger partial charge in [-0.05, 0) is 66.6 Å². The Bertz CT molecular complexity index is 950. The second kappa shape index (κ2) is 10.0. The quantitative estimate of drug-likeness (QED) is 0.237. The van der Waals surface area contributed by atoms with Gasteiger partial charge in [-0.3, -0.25) is 9.69 Å². The highest BCUT2D eigenvalue weighted by Crippen LogP contribution is 2.52. The summed E-state index contributed by atoms with van der Waals surface area (Å²) < 4.78 is 18.4. The molecular formula is C29H45NO4Si. The van der Waals surface area contributed by atoms with E-state index in [0.29, 0.717) is 18.9 Å². The lowest BCUT2D eigenvalue weighted by molar-refractivity contribution is -0.155. The van der Waals surface area contributed by atoms with Crippen molar-refractivity contribution in [3.8, 4) is 0 Å². The number of carbonyl (C=O) groups excluding carboxylic acids is 1. The van der Waals surface area contributed by atoms with Crippen molar-refractivity contribution in [1.29, 1.82) is 0 Å². The van der Waals surface area contributed by atoms with Crippen LogP contribution in [0.25, 0.3) is 0 Å². The Kier molecular flexibility index (Phi) is 7.57. The van der Waals surface area contributed by atoms with E-state index in [4.69, 9.17) is 13.9 Å². The number of esters is 1. The van der Waals surface area contributed by atoms with E-state index in [2.05, 4.69) is 76.9 Å². The molecule has 2 heterocycles. The van der Waals surface area contributed by atoms with E-state index in [1.165, 1.54) is 16.7 Å². The lowest BCUT2D eigenvalue weighted by atomic mass is 9.85. The van der Waals surface area contributed by atoms with Gasteiger partial charge in [0.15, 0.2) is 0 Å². The van der Waals surface area contributed by atoms with Crippen LogP contribution in [0.4, 0.5) is 0 Å². The molecule has 1 aromatic rings. The standard InChI is InChI=1S/C29H45NO4Si/c1-9-32-28(31)21-16-22(13-11-15-33-35(7,8)29(4,5)6)30-25(18-21)34-24-17-20-12-10-14-23(19(2)3)26(20)27(24)30/h10-12,14-15,19,21-22,24-25,27H,9,13,16-18H2,1-8H3/b15-11+/t21-,22-,24+,25-,27-/m1/s1. The van der Waals surface area contributed by atoms with Crippen molar-refractivity contribution in [2.45, 2.75) is 116 Å². The van der Waals surface area contributed by atoms with Crippen molar-refractivity contribution >= 4 is 14.3 Å². The highest BCUT2D eigenvalue weighted by molar-refractivity contribution is 6.74. The van der Waals surface area contributed by atoms with Crippen LogP contribution in [0.15, 0.2) is 30.5 Å². The molecule has 5 nitrogen and oxygen atoms in total. The Balaban J connectivity index is 1.60. The number of piperidine rings is 1. The maximum atomic E-state index is 12.8. The maximum absolute atomic E-state index is 12.8. The average molecular weight is 500 g/mol. The average Bonchev–Trinajstić information content (AvgIpc) is 3.31. The molecular weight excluding hydrogens is 454 g/mol. The minimum absolute atomic E-state index is 0.0405. The molecule has 0 amide bonds. The third kappa shape index (κ3) is 5.12. The zero-order chi connectivity index (χ0) is 25.5. The molecule has 0 unspecified atom stereocenters. The molecule has 2 fully saturated rings. The summed E-state index contributed by atoms with van der Waals surface area (Å²) in [5.74, 6) is 0.272. The summed E-state index contributed by atoms with van der Waals surface area (Å²) in [6.45, 7) is 18.2. The van der Waals surface area contributed by atoms with E-state index in [9.17, 15) is 4.79 Å². The van der Waals surface area contributed by atoms with Crippen molar-refractivity contribution in [2.75, 3.05) is 6.61 Å². The van der Waals surface area contributed by atoms with Gasteiger partial charge in [0, 0.05) is 18.9 Å². The van der Waals surface area contributed by atoms with Crippen LogP contribution in [-0.4, -0.2) is 44.2 Å². The van der Waals surface area contributed by atoms with Crippen LogP contribution in [-0.2, 0) is 25.1 Å². The number of fused-ring (bicyclic) bond motifs is 5. The van der Waals surface area contributed by atoms with Gasteiger partial charge in [-0.25, -0.2) is 0 Å². The molecule has 0 aromatic heterocycles. The lowest BCUT2D eigenvalue weighted by Crippen LogP contribution is -2.49. The molecule has 6 heteroatoms. The van der Waals surface area contributed by atoms with Crippen molar-refractivity contribution in [1.82, 2.24) is 4.90 Å². The minimum atomic E-state index is -1.85. The normalized spacial score (nSPS) is 28.8. The Labute approximate surface area is 213 Å². The number of hydrogen-bond acceptors (Lipinski definition) is 5. The van der Waals surface area contributed by atoms with Gasteiger partial charge < -0.3 is 13.9 Å². The summed E-state index contributed by atoms with van der Waals surface area (Å²) in [7, 11) is -1.85. The largest absolute Gasteiger partial charge is 0.549 e. The molecule has 1 aliphatic carbocycles. The molecule has 0 radical (unpaired) electrons. The summed E-state index contributed by atoms with van der Waals surface area (Å²) in [5, 5.41) is 0.166. The summed E-state index contributed by atoms with van der Waals surface area (Å²) >= 11 is 0. The Morgan fingerprint density at radius 3 is 2.66 bits per heavy atom. The fourth-order valence-corrected chi connectivity index (χ4v) is 6.60. The molecule has 2 aliphatic heterocycles. The first-order valence-electron chi connectivity index (χ1n) is 13.5. The number of nitrogens with zero attached hydrogens (tertiary/aromatic N) is 1. The van der Waals surface area contributed by atoms with Crippen molar-refractivity contribution in [2.24, 2.45) is 5.92 Å². The van der Waals surface area contributed by atoms with Crippen LogP contribution in [0.1, 0.15) is 89.5 Å². The highest BCUT2D eigenvalue weighted by Gasteiger charge is 2.54. The summed E-state index contributed by atoms with van der Waals surface area (Å²) in [6.07, 6.45) is 7.52. The zero-order valence-electron chi connectivity index (χ0n) is 23.0. The maximum Gasteiger partial charge on any atom is 0.309 e. The van der Waals surface area contributed by atoms with Crippen molar-refractivity contribution in [3.05, 3.63) is 47.2 Å². The van der Waals surface area contributed by atoms with Gasteiger partial charge in [0.1, 0.15) is 6.23 Å². The van der Waals surface area contributed by atoms with Gasteiger partial charge in [0.05, 0.1) is 30.9 Å². The fraction of sp³-hybridized carbons (Fsp3) is 0.690. The van der Waals surface area contributed by atoms with E-state index in [1.807, 2.05) is 13.2 Å². The van der Waals surface area contributed by atoms with Crippen LogP contribution in [0.5, 0.6) is 0 Å². The monoisotopic (exact) mass is 499 g/mol. The number of rotatable bonds is 7. The first kappa shape index (κ1) is 26.4. The molecule has 4 rings (SSSR count). The molecule has 1 aromatic carbocycles. The van der Waals surface area contributed by atoms with E-state index in [0.717, 1.165) is 19.3 Å². The van der Waals surface area contributed by atoms with Gasteiger partial charge in [-0.1, -0.05) is 52.8 Å². The molecule has 0 saturated carbocycles. The second-order valence-corrected chi connectivity index (χ2v) is 17.1. The summed E-state index contributed by atoms with van der Waals surface area (Å²) in [4.78, 5) is 15.4. The molecule has 5 atom stereocenters. The van der Waals surface area contributed by atoms with Crippen LogP contribution in [0.3, 0.4) is 0 Å². The van der Waals surface area contributed by atoms with Crippen LogP contribution >= 0.6 is 0 Å². The number of ether oxygens (including phenoxy) is 2. The van der Waals surface area contributed by atoms with E-state index in [-0.39, 0.29) is 41.3 Å². The molecule has 35 heavy (non-hydrogen) atoms. The van der Waals surface area contributed by atoms with Gasteiger partial charge in [0.2, 0.25) is 8.32 Å². The molecule has 2 saturated heterocycles. The van der Waals surface area contributed by atoms with Gasteiger partial charge in [-0.2, -0.15) is 0 Å². The summed E-state index contributed by atoms with van der Waals surface area (Å²) in [6, 6.07) is 7.22. The minimum Gasteiger partial charge on any atom is -0.549 e. The van der Waals surface area contributed by atoms with Crippen molar-refractivity contribution in [3.63, 3.8) is 0 Å². The third-order valence-electron chi connectivity index (χ3n) is 8.66. The SMILES string of the molecule is CCOC(=O)[C@@H]1C[C@@H](C/C=C/O[Si](C)(C)C(C)(C)C)N2[C@@H](C1)O[C@H]1Cc3cccc(C(C)C)c3[C@@H]12. The van der Waals surface area contributed by atoms with E-state index in [1.54, 1.807) is 0 Å². The fourth-order valence-electron chi connectivity index (χ4n) is 5.81.